The molecule has 1 aromatic carbocycles. The fraction of sp³-hybridized carbons (Fsp3) is 0.333. The summed E-state index contributed by atoms with van der Waals surface area (Å²) in [6.45, 7) is 4.70. The van der Waals surface area contributed by atoms with E-state index in [4.69, 9.17) is 0 Å². The molecule has 1 aromatic rings. The Morgan fingerprint density at radius 1 is 1.38 bits per heavy atom. The number of likely N-dealkylation sites (tertiary alicyclic amines) is 1. The van der Waals surface area contributed by atoms with Crippen molar-refractivity contribution in [3.05, 3.63) is 29.6 Å². The van der Waals surface area contributed by atoms with Crippen LogP contribution in [0.25, 0.3) is 0 Å². The van der Waals surface area contributed by atoms with Gasteiger partial charge in [-0.25, -0.2) is 4.39 Å². The molecule has 0 unspecified atom stereocenters. The van der Waals surface area contributed by atoms with E-state index in [0.29, 0.717) is 13.1 Å². The van der Waals surface area contributed by atoms with Crippen LogP contribution >= 0.6 is 0 Å². The van der Waals surface area contributed by atoms with Crippen molar-refractivity contribution in [2.24, 2.45) is 4.99 Å². The standard InChI is InChI=1S/C12H13FN2O/c1-14-10-6-4-5-9(11(10)13)12(16)15-7-2-3-8-15/h4-6H,1-3,7-8H2. The Morgan fingerprint density at radius 3 is 2.69 bits per heavy atom. The Hall–Kier alpha value is -1.71. The average molecular weight is 220 g/mol. The highest BCUT2D eigenvalue weighted by molar-refractivity contribution is 5.95. The molecule has 0 aromatic heterocycles. The molecule has 3 nitrogen and oxygen atoms in total. The number of aliphatic imine (C=N–C) groups is 1. The van der Waals surface area contributed by atoms with Crippen molar-refractivity contribution in [3.8, 4) is 0 Å². The smallest absolute Gasteiger partial charge is 0.256 e. The topological polar surface area (TPSA) is 32.7 Å². The van der Waals surface area contributed by atoms with Crippen molar-refractivity contribution in [3.63, 3.8) is 0 Å². The maximum absolute atomic E-state index is 13.8. The molecule has 1 heterocycles. The zero-order valence-corrected chi connectivity index (χ0v) is 8.95. The van der Waals surface area contributed by atoms with Gasteiger partial charge in [-0.05, 0) is 31.7 Å². The van der Waals surface area contributed by atoms with E-state index >= 15 is 0 Å². The molecule has 0 spiro atoms. The van der Waals surface area contributed by atoms with Crippen LogP contribution in [0.15, 0.2) is 23.2 Å². The Morgan fingerprint density at radius 2 is 2.06 bits per heavy atom. The van der Waals surface area contributed by atoms with Crippen LogP contribution in [0.5, 0.6) is 0 Å². The van der Waals surface area contributed by atoms with E-state index in [9.17, 15) is 9.18 Å². The molecule has 2 rings (SSSR count). The molecule has 0 N–H and O–H groups in total. The number of hydrogen-bond acceptors (Lipinski definition) is 2. The minimum Gasteiger partial charge on any atom is -0.339 e. The molecule has 1 saturated heterocycles. The van der Waals surface area contributed by atoms with Crippen LogP contribution in [0.2, 0.25) is 0 Å². The number of benzene rings is 1. The SMILES string of the molecule is C=Nc1cccc(C(=O)N2CCCC2)c1F. The van der Waals surface area contributed by atoms with Gasteiger partial charge < -0.3 is 4.90 Å². The first-order valence-electron chi connectivity index (χ1n) is 5.28. The quantitative estimate of drug-likeness (QED) is 0.704. The molecule has 0 aliphatic carbocycles. The molecule has 1 aliphatic rings. The zero-order chi connectivity index (χ0) is 11.5. The van der Waals surface area contributed by atoms with Gasteiger partial charge >= 0.3 is 0 Å². The second-order valence-electron chi connectivity index (χ2n) is 3.80. The van der Waals surface area contributed by atoms with Gasteiger partial charge in [-0.3, -0.25) is 9.79 Å². The third kappa shape index (κ3) is 1.83. The highest BCUT2D eigenvalue weighted by atomic mass is 19.1. The van der Waals surface area contributed by atoms with Crippen LogP contribution in [-0.4, -0.2) is 30.6 Å². The normalized spacial score (nSPS) is 15.2. The second-order valence-corrected chi connectivity index (χ2v) is 3.80. The predicted molar refractivity (Wildman–Crippen MR) is 60.7 cm³/mol. The van der Waals surface area contributed by atoms with Crippen molar-refractivity contribution in [2.45, 2.75) is 12.8 Å². The summed E-state index contributed by atoms with van der Waals surface area (Å²) in [5.74, 6) is -0.824. The summed E-state index contributed by atoms with van der Waals surface area (Å²) in [5, 5.41) is 0. The molecule has 1 aliphatic heterocycles. The number of carbonyl (C=O) groups is 1. The summed E-state index contributed by atoms with van der Waals surface area (Å²) < 4.78 is 13.8. The third-order valence-corrected chi connectivity index (χ3v) is 2.77. The van der Waals surface area contributed by atoms with Crippen LogP contribution in [0.1, 0.15) is 23.2 Å². The first kappa shape index (κ1) is 10.8. The van der Waals surface area contributed by atoms with E-state index < -0.39 is 5.82 Å². The second kappa shape index (κ2) is 4.43. The molecule has 0 bridgehead atoms. The van der Waals surface area contributed by atoms with Crippen molar-refractivity contribution < 1.29 is 9.18 Å². The van der Waals surface area contributed by atoms with Gasteiger partial charge in [0.1, 0.15) is 0 Å². The largest absolute Gasteiger partial charge is 0.339 e. The molecule has 4 heteroatoms. The Bertz CT molecular complexity index is 425. The lowest BCUT2D eigenvalue weighted by molar-refractivity contribution is 0.0788. The lowest BCUT2D eigenvalue weighted by atomic mass is 10.1. The maximum atomic E-state index is 13.8. The molecular weight excluding hydrogens is 207 g/mol. The van der Waals surface area contributed by atoms with Gasteiger partial charge in [-0.1, -0.05) is 6.07 Å². The van der Waals surface area contributed by atoms with E-state index in [1.54, 1.807) is 11.0 Å². The van der Waals surface area contributed by atoms with Gasteiger partial charge in [0, 0.05) is 13.1 Å². The van der Waals surface area contributed by atoms with E-state index in [2.05, 4.69) is 11.7 Å². The summed E-state index contributed by atoms with van der Waals surface area (Å²) in [6.07, 6.45) is 1.99. The lowest BCUT2D eigenvalue weighted by Gasteiger charge is -2.15. The summed E-state index contributed by atoms with van der Waals surface area (Å²) in [4.78, 5) is 17.2. The monoisotopic (exact) mass is 220 g/mol. The summed E-state index contributed by atoms with van der Waals surface area (Å²) >= 11 is 0. The highest BCUT2D eigenvalue weighted by Gasteiger charge is 2.22. The molecule has 1 fully saturated rings. The number of hydrogen-bond donors (Lipinski definition) is 0. The maximum Gasteiger partial charge on any atom is 0.256 e. The number of carbonyl (C=O) groups excluding carboxylic acids is 1. The Balaban J connectivity index is 2.32. The number of nitrogens with zero attached hydrogens (tertiary/aromatic N) is 2. The predicted octanol–water partition coefficient (Wildman–Crippen LogP) is 2.39. The summed E-state index contributed by atoms with van der Waals surface area (Å²) in [7, 11) is 0. The average Bonchev–Trinajstić information content (AvgIpc) is 2.82. The van der Waals surface area contributed by atoms with Crippen LogP contribution in [0.3, 0.4) is 0 Å². The van der Waals surface area contributed by atoms with Gasteiger partial charge in [0.05, 0.1) is 11.3 Å². The van der Waals surface area contributed by atoms with Crippen molar-refractivity contribution >= 4 is 18.3 Å². The van der Waals surface area contributed by atoms with Gasteiger partial charge in [0.2, 0.25) is 0 Å². The third-order valence-electron chi connectivity index (χ3n) is 2.77. The van der Waals surface area contributed by atoms with Gasteiger partial charge in [0.15, 0.2) is 5.82 Å². The zero-order valence-electron chi connectivity index (χ0n) is 8.95. The minimum atomic E-state index is -0.575. The molecule has 0 atom stereocenters. The van der Waals surface area contributed by atoms with Crippen LogP contribution in [0.4, 0.5) is 10.1 Å². The van der Waals surface area contributed by atoms with Crippen molar-refractivity contribution in [1.29, 1.82) is 0 Å². The van der Waals surface area contributed by atoms with Crippen molar-refractivity contribution in [2.75, 3.05) is 13.1 Å². The van der Waals surface area contributed by atoms with Crippen LogP contribution in [0, 0.1) is 5.82 Å². The fourth-order valence-electron chi connectivity index (χ4n) is 1.90. The fourth-order valence-corrected chi connectivity index (χ4v) is 1.90. The molecule has 0 saturated carbocycles. The van der Waals surface area contributed by atoms with E-state index in [-0.39, 0.29) is 17.2 Å². The van der Waals surface area contributed by atoms with Crippen LogP contribution < -0.4 is 0 Å². The molecule has 16 heavy (non-hydrogen) atoms. The minimum absolute atomic E-state index is 0.0896. The molecular formula is C12H13FN2O. The molecule has 84 valence electrons. The highest BCUT2D eigenvalue weighted by Crippen LogP contribution is 2.22. The molecule has 1 amide bonds. The number of amides is 1. The summed E-state index contributed by atoms with van der Waals surface area (Å²) in [6, 6.07) is 4.62. The van der Waals surface area contributed by atoms with E-state index in [1.807, 2.05) is 0 Å². The van der Waals surface area contributed by atoms with Crippen LogP contribution in [-0.2, 0) is 0 Å². The number of rotatable bonds is 2. The first-order valence-corrected chi connectivity index (χ1v) is 5.28. The Labute approximate surface area is 93.6 Å². The van der Waals surface area contributed by atoms with Gasteiger partial charge in [-0.15, -0.1) is 0 Å². The first-order chi connectivity index (χ1) is 7.74. The Kier molecular flexibility index (Phi) is 2.99. The van der Waals surface area contributed by atoms with E-state index in [1.165, 1.54) is 12.1 Å². The van der Waals surface area contributed by atoms with Gasteiger partial charge in [0.25, 0.3) is 5.91 Å². The molecule has 0 radical (unpaired) electrons. The van der Waals surface area contributed by atoms with E-state index in [0.717, 1.165) is 12.8 Å². The summed E-state index contributed by atoms with van der Waals surface area (Å²) in [5.41, 5.74) is 0.219. The lowest BCUT2D eigenvalue weighted by Crippen LogP contribution is -2.28. The number of halogens is 1. The van der Waals surface area contributed by atoms with Gasteiger partial charge in [-0.2, -0.15) is 0 Å². The van der Waals surface area contributed by atoms with Crippen molar-refractivity contribution in [1.82, 2.24) is 4.90 Å².